The highest BCUT2D eigenvalue weighted by Crippen LogP contribution is 2.28. The first-order valence-corrected chi connectivity index (χ1v) is 10.4. The van der Waals surface area contributed by atoms with E-state index < -0.39 is 0 Å². The standard InChI is InChI=1S/C22H28N4O4/c27-25(28)21-8-4-17(5-9-21)13-23-15-19-2-1-3-20(12-19)16-24-14-18-6-10-22(11-7-18)26(29)30/h4-11,19-20,23-24H,1-3,12-16H2. The molecular formula is C22H28N4O4. The van der Waals surface area contributed by atoms with Crippen LogP contribution in [0.5, 0.6) is 0 Å². The molecule has 0 radical (unpaired) electrons. The zero-order valence-electron chi connectivity index (χ0n) is 17.0. The van der Waals surface area contributed by atoms with E-state index in [1.165, 1.54) is 25.7 Å². The lowest BCUT2D eigenvalue weighted by Crippen LogP contribution is -2.31. The fourth-order valence-electron chi connectivity index (χ4n) is 4.09. The second-order valence-electron chi connectivity index (χ2n) is 8.01. The molecule has 160 valence electrons. The van der Waals surface area contributed by atoms with Crippen LogP contribution in [-0.2, 0) is 13.1 Å². The van der Waals surface area contributed by atoms with Gasteiger partial charge in [-0.3, -0.25) is 20.2 Å². The second-order valence-corrected chi connectivity index (χ2v) is 8.01. The fraction of sp³-hybridized carbons (Fsp3) is 0.455. The molecule has 30 heavy (non-hydrogen) atoms. The minimum Gasteiger partial charge on any atom is -0.312 e. The van der Waals surface area contributed by atoms with Crippen LogP contribution in [0.3, 0.4) is 0 Å². The summed E-state index contributed by atoms with van der Waals surface area (Å²) in [6.45, 7) is 3.35. The van der Waals surface area contributed by atoms with E-state index in [9.17, 15) is 20.2 Å². The molecule has 1 saturated carbocycles. The highest BCUT2D eigenvalue weighted by Gasteiger charge is 2.21. The van der Waals surface area contributed by atoms with Gasteiger partial charge in [-0.2, -0.15) is 0 Å². The van der Waals surface area contributed by atoms with E-state index in [1.54, 1.807) is 48.5 Å². The van der Waals surface area contributed by atoms with Crippen LogP contribution in [0.4, 0.5) is 11.4 Å². The van der Waals surface area contributed by atoms with Crippen molar-refractivity contribution in [1.82, 2.24) is 10.6 Å². The first-order valence-electron chi connectivity index (χ1n) is 10.4. The minimum absolute atomic E-state index is 0.120. The highest BCUT2D eigenvalue weighted by atomic mass is 16.6. The van der Waals surface area contributed by atoms with E-state index in [-0.39, 0.29) is 21.2 Å². The largest absolute Gasteiger partial charge is 0.312 e. The summed E-state index contributed by atoms with van der Waals surface area (Å²) in [5.41, 5.74) is 2.35. The highest BCUT2D eigenvalue weighted by molar-refractivity contribution is 5.33. The Hall–Kier alpha value is -2.84. The maximum absolute atomic E-state index is 10.7. The van der Waals surface area contributed by atoms with E-state index in [4.69, 9.17) is 0 Å². The Balaban J connectivity index is 1.35. The van der Waals surface area contributed by atoms with Gasteiger partial charge in [-0.1, -0.05) is 30.7 Å². The number of nitrogens with zero attached hydrogens (tertiary/aromatic N) is 2. The number of non-ortho nitro benzene ring substituents is 2. The number of hydrogen-bond donors (Lipinski definition) is 2. The number of benzene rings is 2. The van der Waals surface area contributed by atoms with Crippen LogP contribution in [-0.4, -0.2) is 22.9 Å². The minimum atomic E-state index is -0.380. The molecule has 0 saturated heterocycles. The Morgan fingerprint density at radius 2 is 1.13 bits per heavy atom. The average Bonchev–Trinajstić information content (AvgIpc) is 2.75. The number of hydrogen-bond acceptors (Lipinski definition) is 6. The number of rotatable bonds is 10. The van der Waals surface area contributed by atoms with Crippen molar-refractivity contribution in [3.8, 4) is 0 Å². The lowest BCUT2D eigenvalue weighted by atomic mass is 9.81. The molecule has 8 heteroatoms. The van der Waals surface area contributed by atoms with E-state index in [0.29, 0.717) is 11.8 Å². The van der Waals surface area contributed by atoms with Crippen molar-refractivity contribution < 1.29 is 9.85 Å². The second kappa shape index (κ2) is 10.8. The van der Waals surface area contributed by atoms with E-state index in [1.807, 2.05) is 0 Å². The summed E-state index contributed by atoms with van der Waals surface area (Å²) in [6, 6.07) is 13.4. The summed E-state index contributed by atoms with van der Waals surface area (Å²) in [5.74, 6) is 1.28. The number of nitro groups is 2. The smallest absolute Gasteiger partial charge is 0.269 e. The van der Waals surface area contributed by atoms with Gasteiger partial charge >= 0.3 is 0 Å². The predicted octanol–water partition coefficient (Wildman–Crippen LogP) is 4.19. The van der Waals surface area contributed by atoms with Crippen molar-refractivity contribution in [2.45, 2.75) is 38.8 Å². The molecule has 0 bridgehead atoms. The van der Waals surface area contributed by atoms with Crippen LogP contribution in [0.25, 0.3) is 0 Å². The van der Waals surface area contributed by atoms with Crippen molar-refractivity contribution >= 4 is 11.4 Å². The maximum atomic E-state index is 10.7. The summed E-state index contributed by atoms with van der Waals surface area (Å²) >= 11 is 0. The Bertz CT molecular complexity index is 770. The Morgan fingerprint density at radius 1 is 0.733 bits per heavy atom. The van der Waals surface area contributed by atoms with Crippen molar-refractivity contribution in [3.63, 3.8) is 0 Å². The van der Waals surface area contributed by atoms with Gasteiger partial charge in [0.25, 0.3) is 11.4 Å². The molecule has 1 fully saturated rings. The summed E-state index contributed by atoms with van der Waals surface area (Å²) < 4.78 is 0. The van der Waals surface area contributed by atoms with E-state index in [0.717, 1.165) is 37.3 Å². The summed E-state index contributed by atoms with van der Waals surface area (Å²) in [4.78, 5) is 20.7. The molecule has 0 aliphatic heterocycles. The zero-order chi connectivity index (χ0) is 21.3. The Morgan fingerprint density at radius 3 is 1.50 bits per heavy atom. The van der Waals surface area contributed by atoms with Gasteiger partial charge in [0.2, 0.25) is 0 Å². The number of nitro benzene ring substituents is 2. The van der Waals surface area contributed by atoms with Crippen LogP contribution < -0.4 is 10.6 Å². The van der Waals surface area contributed by atoms with Crippen molar-refractivity contribution in [2.24, 2.45) is 11.8 Å². The zero-order valence-corrected chi connectivity index (χ0v) is 17.0. The first kappa shape index (κ1) is 21.9. The number of nitrogens with one attached hydrogen (secondary N) is 2. The van der Waals surface area contributed by atoms with Crippen LogP contribution in [0.1, 0.15) is 36.8 Å². The predicted molar refractivity (Wildman–Crippen MR) is 115 cm³/mol. The van der Waals surface area contributed by atoms with Crippen molar-refractivity contribution in [1.29, 1.82) is 0 Å². The summed E-state index contributed by atoms with van der Waals surface area (Å²) in [5, 5.41) is 28.4. The van der Waals surface area contributed by atoms with E-state index >= 15 is 0 Å². The SMILES string of the molecule is O=[N+]([O-])c1ccc(CNCC2CCCC(CNCc3ccc([N+](=O)[O-])cc3)C2)cc1. The van der Waals surface area contributed by atoms with Gasteiger partial charge in [-0.05, 0) is 55.3 Å². The first-order chi connectivity index (χ1) is 14.5. The quantitative estimate of drug-likeness (QED) is 0.447. The van der Waals surface area contributed by atoms with Gasteiger partial charge in [0.15, 0.2) is 0 Å². The summed E-state index contributed by atoms with van der Waals surface area (Å²) in [7, 11) is 0. The van der Waals surface area contributed by atoms with E-state index in [2.05, 4.69) is 10.6 Å². The Kier molecular flexibility index (Phi) is 7.87. The third-order valence-corrected chi connectivity index (χ3v) is 5.71. The molecule has 0 amide bonds. The van der Waals surface area contributed by atoms with Gasteiger partial charge in [0.1, 0.15) is 0 Å². The lowest BCUT2D eigenvalue weighted by Gasteiger charge is -2.29. The van der Waals surface area contributed by atoms with Gasteiger partial charge < -0.3 is 10.6 Å². The molecule has 2 N–H and O–H groups in total. The third kappa shape index (κ3) is 6.60. The molecule has 2 aromatic rings. The molecule has 0 heterocycles. The van der Waals surface area contributed by atoms with Crippen LogP contribution >= 0.6 is 0 Å². The van der Waals surface area contributed by atoms with Gasteiger partial charge in [-0.25, -0.2) is 0 Å². The molecule has 3 rings (SSSR count). The molecule has 2 atom stereocenters. The van der Waals surface area contributed by atoms with Crippen molar-refractivity contribution in [2.75, 3.05) is 13.1 Å². The maximum Gasteiger partial charge on any atom is 0.269 e. The molecule has 2 unspecified atom stereocenters. The van der Waals surface area contributed by atoms with Gasteiger partial charge in [-0.15, -0.1) is 0 Å². The van der Waals surface area contributed by atoms with Gasteiger partial charge in [0, 0.05) is 37.4 Å². The topological polar surface area (TPSA) is 110 Å². The summed E-state index contributed by atoms with van der Waals surface area (Å²) in [6.07, 6.45) is 4.87. The lowest BCUT2D eigenvalue weighted by molar-refractivity contribution is -0.385. The molecule has 1 aliphatic rings. The van der Waals surface area contributed by atoms with Crippen molar-refractivity contribution in [3.05, 3.63) is 79.9 Å². The van der Waals surface area contributed by atoms with Crippen LogP contribution in [0.2, 0.25) is 0 Å². The molecule has 2 aromatic carbocycles. The monoisotopic (exact) mass is 412 g/mol. The molecule has 0 spiro atoms. The Labute approximate surface area is 176 Å². The normalized spacial score (nSPS) is 18.8. The fourth-order valence-corrected chi connectivity index (χ4v) is 4.09. The average molecular weight is 412 g/mol. The molecular weight excluding hydrogens is 384 g/mol. The van der Waals surface area contributed by atoms with Gasteiger partial charge in [0.05, 0.1) is 9.85 Å². The molecule has 8 nitrogen and oxygen atoms in total. The third-order valence-electron chi connectivity index (χ3n) is 5.71. The van der Waals surface area contributed by atoms with Crippen LogP contribution in [0, 0.1) is 32.1 Å². The molecule has 1 aliphatic carbocycles. The van der Waals surface area contributed by atoms with Crippen LogP contribution in [0.15, 0.2) is 48.5 Å². The molecule has 0 aromatic heterocycles.